The summed E-state index contributed by atoms with van der Waals surface area (Å²) in [6, 6.07) is 7.39. The van der Waals surface area contributed by atoms with Crippen LogP contribution in [0.5, 0.6) is 0 Å². The van der Waals surface area contributed by atoms with Gasteiger partial charge >= 0.3 is 6.03 Å². The number of ketones is 1. The van der Waals surface area contributed by atoms with Gasteiger partial charge in [-0.15, -0.1) is 0 Å². The average molecular weight is 364 g/mol. The molecule has 1 aliphatic carbocycles. The molecule has 5 nitrogen and oxygen atoms in total. The van der Waals surface area contributed by atoms with Gasteiger partial charge in [0.1, 0.15) is 0 Å². The van der Waals surface area contributed by atoms with Crippen LogP contribution < -0.4 is 5.32 Å². The van der Waals surface area contributed by atoms with E-state index in [9.17, 15) is 9.59 Å². The number of hydrogen-bond acceptors (Lipinski definition) is 3. The first-order valence-electron chi connectivity index (χ1n) is 9.18. The number of hydrogen-bond donors (Lipinski definition) is 1. The Morgan fingerprint density at radius 1 is 1.00 bits per heavy atom. The van der Waals surface area contributed by atoms with Crippen molar-refractivity contribution in [2.24, 2.45) is 0 Å². The molecule has 25 heavy (non-hydrogen) atoms. The van der Waals surface area contributed by atoms with Crippen molar-refractivity contribution in [3.05, 3.63) is 34.9 Å². The smallest absolute Gasteiger partial charge is 0.317 e. The third-order valence-electron chi connectivity index (χ3n) is 5.13. The Labute approximate surface area is 154 Å². The van der Waals surface area contributed by atoms with E-state index < -0.39 is 0 Å². The summed E-state index contributed by atoms with van der Waals surface area (Å²) in [5, 5.41) is 3.80. The number of amides is 2. The quantitative estimate of drug-likeness (QED) is 0.836. The molecule has 0 atom stereocenters. The Hall–Kier alpha value is -1.59. The Morgan fingerprint density at radius 2 is 1.64 bits per heavy atom. The molecule has 6 heteroatoms. The van der Waals surface area contributed by atoms with Crippen LogP contribution in [0.1, 0.15) is 42.5 Å². The molecule has 0 radical (unpaired) electrons. The molecular formula is C19H26ClN3O2. The molecule has 1 N–H and O–H groups in total. The van der Waals surface area contributed by atoms with E-state index in [-0.39, 0.29) is 11.8 Å². The second-order valence-corrected chi connectivity index (χ2v) is 7.41. The van der Waals surface area contributed by atoms with Gasteiger partial charge in [0, 0.05) is 42.8 Å². The van der Waals surface area contributed by atoms with E-state index in [0.29, 0.717) is 36.3 Å². The molecule has 1 aliphatic heterocycles. The third kappa shape index (κ3) is 5.19. The molecule has 2 aliphatic rings. The minimum Gasteiger partial charge on any atom is -0.335 e. The largest absolute Gasteiger partial charge is 0.335 e. The van der Waals surface area contributed by atoms with Gasteiger partial charge in [-0.1, -0.05) is 30.9 Å². The van der Waals surface area contributed by atoms with E-state index in [1.165, 1.54) is 19.3 Å². The van der Waals surface area contributed by atoms with E-state index in [1.54, 1.807) is 24.3 Å². The summed E-state index contributed by atoms with van der Waals surface area (Å²) < 4.78 is 0. The highest BCUT2D eigenvalue weighted by molar-refractivity contribution is 6.30. The van der Waals surface area contributed by atoms with Crippen LogP contribution >= 0.6 is 11.6 Å². The van der Waals surface area contributed by atoms with Gasteiger partial charge < -0.3 is 10.2 Å². The molecule has 0 spiro atoms. The molecule has 0 unspecified atom stereocenters. The van der Waals surface area contributed by atoms with E-state index in [2.05, 4.69) is 10.2 Å². The van der Waals surface area contributed by atoms with Gasteiger partial charge in [-0.05, 0) is 37.1 Å². The minimum absolute atomic E-state index is 0.0515. The van der Waals surface area contributed by atoms with Crippen LogP contribution in [0.2, 0.25) is 5.02 Å². The number of benzene rings is 1. The number of carbonyl (C=O) groups excluding carboxylic acids is 2. The highest BCUT2D eigenvalue weighted by Crippen LogP contribution is 2.18. The number of carbonyl (C=O) groups is 2. The van der Waals surface area contributed by atoms with Gasteiger partial charge in [0.15, 0.2) is 5.78 Å². The van der Waals surface area contributed by atoms with Crippen molar-refractivity contribution in [1.82, 2.24) is 15.1 Å². The summed E-state index contributed by atoms with van der Waals surface area (Å²) in [5.41, 5.74) is 0.682. The summed E-state index contributed by atoms with van der Waals surface area (Å²) >= 11 is 5.86. The summed E-state index contributed by atoms with van der Waals surface area (Å²) in [4.78, 5) is 28.7. The van der Waals surface area contributed by atoms with Crippen molar-refractivity contribution in [3.63, 3.8) is 0 Å². The number of nitrogens with zero attached hydrogens (tertiary/aromatic N) is 2. The Kier molecular flexibility index (Phi) is 6.32. The summed E-state index contributed by atoms with van der Waals surface area (Å²) in [5.74, 6) is 0.0942. The monoisotopic (exact) mass is 363 g/mol. The van der Waals surface area contributed by atoms with Crippen LogP contribution in [0.25, 0.3) is 0 Å². The highest BCUT2D eigenvalue weighted by Gasteiger charge is 2.24. The molecule has 2 amide bonds. The van der Waals surface area contributed by atoms with E-state index in [1.807, 2.05) is 4.90 Å². The molecule has 136 valence electrons. The summed E-state index contributed by atoms with van der Waals surface area (Å²) in [6.07, 6.45) is 5.91. The van der Waals surface area contributed by atoms with Gasteiger partial charge in [0.05, 0.1) is 6.54 Å². The van der Waals surface area contributed by atoms with Crippen molar-refractivity contribution in [2.45, 2.75) is 38.1 Å². The molecule has 3 rings (SSSR count). The third-order valence-corrected chi connectivity index (χ3v) is 5.38. The highest BCUT2D eigenvalue weighted by atomic mass is 35.5. The second kappa shape index (κ2) is 8.68. The normalized spacial score (nSPS) is 19.6. The molecule has 0 aromatic heterocycles. The summed E-state index contributed by atoms with van der Waals surface area (Å²) in [7, 11) is 0. The predicted octanol–water partition coefficient (Wildman–Crippen LogP) is 3.18. The SMILES string of the molecule is O=C(CN1CCN(C(=O)NC2CCCCC2)CC1)c1ccc(Cl)cc1. The van der Waals surface area contributed by atoms with Crippen molar-refractivity contribution < 1.29 is 9.59 Å². The standard InChI is InChI=1S/C19H26ClN3O2/c20-16-8-6-15(7-9-16)18(24)14-22-10-12-23(13-11-22)19(25)21-17-4-2-1-3-5-17/h6-9,17H,1-5,10-14H2,(H,21,25). The Balaban J connectivity index is 1.42. The topological polar surface area (TPSA) is 52.7 Å². The fourth-order valence-corrected chi connectivity index (χ4v) is 3.68. The Bertz CT molecular complexity index is 591. The lowest BCUT2D eigenvalue weighted by Crippen LogP contribution is -2.54. The van der Waals surface area contributed by atoms with E-state index in [0.717, 1.165) is 25.9 Å². The maximum Gasteiger partial charge on any atom is 0.317 e. The average Bonchev–Trinajstić information content (AvgIpc) is 2.63. The van der Waals surface area contributed by atoms with Crippen LogP contribution in [0, 0.1) is 0 Å². The van der Waals surface area contributed by atoms with Gasteiger partial charge in [-0.25, -0.2) is 4.79 Å². The van der Waals surface area contributed by atoms with Crippen LogP contribution in [0.3, 0.4) is 0 Å². The van der Waals surface area contributed by atoms with Crippen LogP contribution in [-0.4, -0.2) is 60.4 Å². The number of halogens is 1. The molecule has 1 aromatic carbocycles. The molecule has 2 fully saturated rings. The molecule has 1 heterocycles. The number of piperazine rings is 1. The van der Waals surface area contributed by atoms with Crippen LogP contribution in [-0.2, 0) is 0 Å². The fourth-order valence-electron chi connectivity index (χ4n) is 3.55. The lowest BCUT2D eigenvalue weighted by atomic mass is 9.96. The van der Waals surface area contributed by atoms with Gasteiger partial charge in [0.2, 0.25) is 0 Å². The fraction of sp³-hybridized carbons (Fsp3) is 0.579. The maximum absolute atomic E-state index is 12.4. The maximum atomic E-state index is 12.4. The second-order valence-electron chi connectivity index (χ2n) is 6.98. The molecule has 1 saturated heterocycles. The zero-order valence-electron chi connectivity index (χ0n) is 14.5. The first-order chi connectivity index (χ1) is 12.1. The number of rotatable bonds is 4. The zero-order valence-corrected chi connectivity index (χ0v) is 15.3. The lowest BCUT2D eigenvalue weighted by molar-refractivity contribution is 0.0876. The number of Topliss-reactive ketones (excluding diaryl/α,β-unsaturated/α-hetero) is 1. The van der Waals surface area contributed by atoms with Crippen molar-refractivity contribution in [2.75, 3.05) is 32.7 Å². The van der Waals surface area contributed by atoms with E-state index in [4.69, 9.17) is 11.6 Å². The van der Waals surface area contributed by atoms with E-state index >= 15 is 0 Å². The number of urea groups is 1. The minimum atomic E-state index is 0.0515. The van der Waals surface area contributed by atoms with Gasteiger partial charge in [0.25, 0.3) is 0 Å². The zero-order chi connectivity index (χ0) is 17.6. The molecule has 1 aromatic rings. The van der Waals surface area contributed by atoms with Crippen molar-refractivity contribution >= 4 is 23.4 Å². The Morgan fingerprint density at radius 3 is 2.28 bits per heavy atom. The predicted molar refractivity (Wildman–Crippen MR) is 99.2 cm³/mol. The number of nitrogens with one attached hydrogen (secondary N) is 1. The summed E-state index contributed by atoms with van der Waals surface area (Å²) in [6.45, 7) is 3.20. The van der Waals surface area contributed by atoms with Crippen LogP contribution in [0.4, 0.5) is 4.79 Å². The molecule has 0 bridgehead atoms. The molecule has 1 saturated carbocycles. The van der Waals surface area contributed by atoms with Gasteiger partial charge in [-0.3, -0.25) is 9.69 Å². The first-order valence-corrected chi connectivity index (χ1v) is 9.56. The van der Waals surface area contributed by atoms with Gasteiger partial charge in [-0.2, -0.15) is 0 Å². The first kappa shape index (κ1) is 18.2. The van der Waals surface area contributed by atoms with Crippen molar-refractivity contribution in [3.8, 4) is 0 Å². The van der Waals surface area contributed by atoms with Crippen LogP contribution in [0.15, 0.2) is 24.3 Å². The molecular weight excluding hydrogens is 338 g/mol. The lowest BCUT2D eigenvalue weighted by Gasteiger charge is -2.35. The van der Waals surface area contributed by atoms with Crippen molar-refractivity contribution in [1.29, 1.82) is 0 Å².